The van der Waals surface area contributed by atoms with Gasteiger partial charge >= 0.3 is 8.25 Å². The fraction of sp³-hybridized carbons (Fsp3) is 1.00. The summed E-state index contributed by atoms with van der Waals surface area (Å²) >= 11 is 0. The van der Waals surface area contributed by atoms with E-state index in [2.05, 4.69) is 14.8 Å². The second-order valence-electron chi connectivity index (χ2n) is 1.69. The smallest absolute Gasteiger partial charge is 0.319 e. The highest BCUT2D eigenvalue weighted by molar-refractivity contribution is 7.33. The van der Waals surface area contributed by atoms with Crippen molar-refractivity contribution in [2.75, 3.05) is 13.2 Å². The molecule has 62 valence electrons. The summed E-state index contributed by atoms with van der Waals surface area (Å²) in [6, 6.07) is 0. The van der Waals surface area contributed by atoms with E-state index < -0.39 is 14.5 Å². The van der Waals surface area contributed by atoms with Crippen LogP contribution in [-0.2, 0) is 13.6 Å². The van der Waals surface area contributed by atoms with Crippen LogP contribution in [0.1, 0.15) is 6.92 Å². The molecule has 1 fully saturated rings. The van der Waals surface area contributed by atoms with Gasteiger partial charge in [-0.05, 0) is 6.92 Å². The first-order chi connectivity index (χ1) is 4.63. The van der Waals surface area contributed by atoms with Crippen molar-refractivity contribution in [1.82, 2.24) is 0 Å². The minimum absolute atomic E-state index is 0.498. The zero-order valence-electron chi connectivity index (χ0n) is 5.74. The molecule has 0 bridgehead atoms. The highest BCUT2D eigenvalue weighted by atomic mass is 31.1. The molecule has 1 heterocycles. The Balaban J connectivity index is 0.000000180. The van der Waals surface area contributed by atoms with Crippen LogP contribution >= 0.6 is 8.25 Å². The molecular formula is C4H12NO4P. The fourth-order valence-corrected chi connectivity index (χ4v) is 0.875. The van der Waals surface area contributed by atoms with Crippen molar-refractivity contribution in [2.45, 2.75) is 13.2 Å². The van der Waals surface area contributed by atoms with Crippen molar-refractivity contribution in [3.05, 3.63) is 0 Å². The van der Waals surface area contributed by atoms with E-state index in [9.17, 15) is 4.57 Å². The summed E-state index contributed by atoms with van der Waals surface area (Å²) in [4.78, 5) is 0. The van der Waals surface area contributed by atoms with Crippen LogP contribution in [-0.4, -0.2) is 24.5 Å². The lowest BCUT2D eigenvalue weighted by Crippen LogP contribution is -2.11. The molecule has 6 heteroatoms. The largest absolute Gasteiger partial charge is 0.379 e. The van der Waals surface area contributed by atoms with E-state index in [1.165, 1.54) is 6.92 Å². The van der Waals surface area contributed by atoms with Crippen LogP contribution in [0.15, 0.2) is 0 Å². The number of hydrogen-bond acceptors (Lipinski definition) is 5. The first-order valence-corrected chi connectivity index (χ1v) is 4.08. The SMILES string of the molecule is CC(N)O.O=[PH]1OCCO1. The van der Waals surface area contributed by atoms with Gasteiger partial charge in [-0.1, -0.05) is 0 Å². The minimum Gasteiger partial charge on any atom is -0.379 e. The zero-order valence-corrected chi connectivity index (χ0v) is 6.74. The van der Waals surface area contributed by atoms with Gasteiger partial charge in [0.2, 0.25) is 0 Å². The summed E-state index contributed by atoms with van der Waals surface area (Å²) in [5, 5.41) is 7.83. The first-order valence-electron chi connectivity index (χ1n) is 2.86. The molecule has 0 spiro atoms. The van der Waals surface area contributed by atoms with Crippen LogP contribution < -0.4 is 5.73 Å². The molecule has 10 heavy (non-hydrogen) atoms. The number of aliphatic hydroxyl groups is 1. The summed E-state index contributed by atoms with van der Waals surface area (Å²) in [6.45, 7) is 2.50. The molecule has 5 nitrogen and oxygen atoms in total. The predicted octanol–water partition coefficient (Wildman–Crippen LogP) is -0.294. The average molecular weight is 169 g/mol. The van der Waals surface area contributed by atoms with Gasteiger partial charge in [0.25, 0.3) is 0 Å². The number of nitrogens with two attached hydrogens (primary N) is 1. The summed E-state index contributed by atoms with van der Waals surface area (Å²) in [6.07, 6.45) is -0.667. The van der Waals surface area contributed by atoms with Gasteiger partial charge < -0.3 is 19.9 Å². The van der Waals surface area contributed by atoms with E-state index in [1.54, 1.807) is 0 Å². The Labute approximate surface area is 60.1 Å². The third-order valence-electron chi connectivity index (χ3n) is 0.523. The molecular weight excluding hydrogens is 157 g/mol. The summed E-state index contributed by atoms with van der Waals surface area (Å²) in [7, 11) is -2.01. The average Bonchev–Trinajstić information content (AvgIpc) is 2.15. The Morgan fingerprint density at radius 2 is 1.90 bits per heavy atom. The zero-order chi connectivity index (χ0) is 7.98. The molecule has 1 aliphatic rings. The number of aliphatic hydroxyl groups excluding tert-OH is 1. The molecule has 0 aromatic carbocycles. The molecule has 1 aliphatic heterocycles. The van der Waals surface area contributed by atoms with Gasteiger partial charge in [-0.2, -0.15) is 0 Å². The predicted molar refractivity (Wildman–Crippen MR) is 36.8 cm³/mol. The van der Waals surface area contributed by atoms with Gasteiger partial charge in [-0.25, -0.2) is 0 Å². The van der Waals surface area contributed by atoms with Crippen molar-refractivity contribution in [3.8, 4) is 0 Å². The third-order valence-corrected chi connectivity index (χ3v) is 1.40. The van der Waals surface area contributed by atoms with Crippen LogP contribution in [0.4, 0.5) is 0 Å². The Kier molecular flexibility index (Phi) is 5.87. The van der Waals surface area contributed by atoms with Crippen LogP contribution in [0.25, 0.3) is 0 Å². The van der Waals surface area contributed by atoms with Crippen molar-refractivity contribution in [2.24, 2.45) is 5.73 Å². The van der Waals surface area contributed by atoms with Crippen LogP contribution in [0.2, 0.25) is 0 Å². The van der Waals surface area contributed by atoms with Gasteiger partial charge in [0, 0.05) is 0 Å². The van der Waals surface area contributed by atoms with E-state index >= 15 is 0 Å². The van der Waals surface area contributed by atoms with Crippen molar-refractivity contribution >= 4 is 8.25 Å². The number of rotatable bonds is 0. The maximum absolute atomic E-state index is 9.98. The Morgan fingerprint density at radius 1 is 1.60 bits per heavy atom. The van der Waals surface area contributed by atoms with E-state index in [-0.39, 0.29) is 0 Å². The Hall–Kier alpha value is 0.0700. The molecule has 0 aromatic rings. The molecule has 1 atom stereocenters. The molecule has 0 aromatic heterocycles. The second kappa shape index (κ2) is 5.82. The van der Waals surface area contributed by atoms with E-state index in [4.69, 9.17) is 5.11 Å². The monoisotopic (exact) mass is 169 g/mol. The Bertz CT molecular complexity index is 96.7. The fourth-order valence-electron chi connectivity index (χ4n) is 0.292. The van der Waals surface area contributed by atoms with Gasteiger partial charge in [0.05, 0.1) is 19.4 Å². The molecule has 1 rings (SSSR count). The van der Waals surface area contributed by atoms with Gasteiger partial charge in [-0.3, -0.25) is 4.57 Å². The van der Waals surface area contributed by atoms with Gasteiger partial charge in [-0.15, -0.1) is 0 Å². The van der Waals surface area contributed by atoms with Crippen molar-refractivity contribution < 1.29 is 18.7 Å². The van der Waals surface area contributed by atoms with E-state index in [1.807, 2.05) is 0 Å². The van der Waals surface area contributed by atoms with Crippen LogP contribution in [0, 0.1) is 0 Å². The van der Waals surface area contributed by atoms with Crippen molar-refractivity contribution in [3.63, 3.8) is 0 Å². The standard InChI is InChI=1S/C2H7NO.C2H5O3P/c1-2(3)4;3-6-4-1-2-5-6/h2,4H,3H2,1H3;6H,1-2H2. The maximum Gasteiger partial charge on any atom is 0.319 e. The Morgan fingerprint density at radius 3 is 2.00 bits per heavy atom. The molecule has 0 aliphatic carbocycles. The van der Waals surface area contributed by atoms with Crippen LogP contribution in [0.5, 0.6) is 0 Å². The molecule has 1 saturated heterocycles. The second-order valence-corrected chi connectivity index (χ2v) is 2.76. The molecule has 1 unspecified atom stereocenters. The van der Waals surface area contributed by atoms with E-state index in [0.29, 0.717) is 13.2 Å². The van der Waals surface area contributed by atoms with Crippen molar-refractivity contribution in [1.29, 1.82) is 0 Å². The lowest BCUT2D eigenvalue weighted by molar-refractivity contribution is 0.203. The highest BCUT2D eigenvalue weighted by Crippen LogP contribution is 2.27. The van der Waals surface area contributed by atoms with Gasteiger partial charge in [0.15, 0.2) is 0 Å². The lowest BCUT2D eigenvalue weighted by Gasteiger charge is -1.82. The lowest BCUT2D eigenvalue weighted by atomic mass is 10.7. The number of hydrogen-bond donors (Lipinski definition) is 2. The molecule has 0 radical (unpaired) electrons. The quantitative estimate of drug-likeness (QED) is 0.384. The van der Waals surface area contributed by atoms with Crippen LogP contribution in [0.3, 0.4) is 0 Å². The first kappa shape index (κ1) is 10.1. The van der Waals surface area contributed by atoms with E-state index in [0.717, 1.165) is 0 Å². The molecule has 3 N–H and O–H groups in total. The molecule has 0 saturated carbocycles. The summed E-state index contributed by atoms with van der Waals surface area (Å²) in [5.41, 5.74) is 4.67. The summed E-state index contributed by atoms with van der Waals surface area (Å²) in [5.74, 6) is 0. The minimum atomic E-state index is -2.01. The third kappa shape index (κ3) is 8.07. The maximum atomic E-state index is 9.98. The summed E-state index contributed by atoms with van der Waals surface area (Å²) < 4.78 is 18.9. The molecule has 0 amide bonds. The highest BCUT2D eigenvalue weighted by Gasteiger charge is 2.05. The topological polar surface area (TPSA) is 81.8 Å². The normalized spacial score (nSPS) is 21.5. The van der Waals surface area contributed by atoms with Gasteiger partial charge in [0.1, 0.15) is 0 Å².